The fourth-order valence-corrected chi connectivity index (χ4v) is 0.825. The second-order valence-corrected chi connectivity index (χ2v) is 2.31. The Labute approximate surface area is 64.6 Å². The van der Waals surface area contributed by atoms with Gasteiger partial charge in [0.1, 0.15) is 5.75 Å². The summed E-state index contributed by atoms with van der Waals surface area (Å²) in [5.74, 6) is 0.128. The number of aryl methyl sites for hydroxylation is 1. The van der Waals surface area contributed by atoms with Crippen LogP contribution in [-0.2, 0) is 0 Å². The number of oxime groups is 1. The Hall–Kier alpha value is -1.51. The molecule has 3 heteroatoms. The molecule has 0 aliphatic rings. The van der Waals surface area contributed by atoms with Crippen molar-refractivity contribution in [3.05, 3.63) is 29.3 Å². The van der Waals surface area contributed by atoms with Gasteiger partial charge in [-0.15, -0.1) is 0 Å². The number of hydrogen-bond acceptors (Lipinski definition) is 3. The summed E-state index contributed by atoms with van der Waals surface area (Å²) in [4.78, 5) is 0. The SMILES string of the molecule is Cc1ccc(/C=N/O)c(O)c1. The van der Waals surface area contributed by atoms with Gasteiger partial charge in [-0.1, -0.05) is 11.2 Å². The molecule has 0 heterocycles. The summed E-state index contributed by atoms with van der Waals surface area (Å²) in [6, 6.07) is 5.12. The standard InChI is InChI=1S/C8H9NO2/c1-6-2-3-7(5-9-11)8(10)4-6/h2-5,10-11H,1H3/b9-5+. The van der Waals surface area contributed by atoms with Crippen molar-refractivity contribution in [2.24, 2.45) is 5.16 Å². The molecule has 3 nitrogen and oxygen atoms in total. The molecule has 0 saturated heterocycles. The lowest BCUT2D eigenvalue weighted by molar-refractivity contribution is 0.321. The molecule has 0 bridgehead atoms. The van der Waals surface area contributed by atoms with E-state index in [1.807, 2.05) is 13.0 Å². The number of hydrogen-bond donors (Lipinski definition) is 2. The maximum atomic E-state index is 9.22. The van der Waals surface area contributed by atoms with Gasteiger partial charge in [-0.25, -0.2) is 0 Å². The van der Waals surface area contributed by atoms with Gasteiger partial charge in [-0.2, -0.15) is 0 Å². The molecule has 0 unspecified atom stereocenters. The first kappa shape index (κ1) is 7.60. The van der Waals surface area contributed by atoms with Crippen LogP contribution in [0.1, 0.15) is 11.1 Å². The lowest BCUT2D eigenvalue weighted by Gasteiger charge is -1.97. The van der Waals surface area contributed by atoms with Gasteiger partial charge in [-0.3, -0.25) is 0 Å². The molecule has 0 aromatic heterocycles. The molecule has 11 heavy (non-hydrogen) atoms. The molecule has 0 aliphatic heterocycles. The number of aromatic hydroxyl groups is 1. The van der Waals surface area contributed by atoms with E-state index in [4.69, 9.17) is 5.21 Å². The normalized spacial score (nSPS) is 10.6. The number of benzene rings is 1. The molecular formula is C8H9NO2. The van der Waals surface area contributed by atoms with Crippen LogP contribution in [0.2, 0.25) is 0 Å². The van der Waals surface area contributed by atoms with Crippen molar-refractivity contribution in [2.45, 2.75) is 6.92 Å². The zero-order chi connectivity index (χ0) is 8.27. The van der Waals surface area contributed by atoms with E-state index in [0.717, 1.165) is 5.56 Å². The first-order valence-corrected chi connectivity index (χ1v) is 3.21. The average Bonchev–Trinajstić information content (AvgIpc) is 1.95. The Morgan fingerprint density at radius 1 is 1.45 bits per heavy atom. The van der Waals surface area contributed by atoms with Crippen LogP contribution in [0.4, 0.5) is 0 Å². The predicted molar refractivity (Wildman–Crippen MR) is 42.2 cm³/mol. The van der Waals surface area contributed by atoms with E-state index in [1.165, 1.54) is 6.21 Å². The summed E-state index contributed by atoms with van der Waals surface area (Å²) in [6.07, 6.45) is 1.19. The van der Waals surface area contributed by atoms with E-state index in [-0.39, 0.29) is 5.75 Å². The second-order valence-electron chi connectivity index (χ2n) is 2.31. The fourth-order valence-electron chi connectivity index (χ4n) is 0.825. The zero-order valence-corrected chi connectivity index (χ0v) is 6.15. The van der Waals surface area contributed by atoms with Crippen LogP contribution in [0.15, 0.2) is 23.4 Å². The smallest absolute Gasteiger partial charge is 0.124 e. The maximum Gasteiger partial charge on any atom is 0.124 e. The molecule has 1 aromatic rings. The molecule has 0 radical (unpaired) electrons. The number of phenols is 1. The number of phenolic OH excluding ortho intramolecular Hbond substituents is 1. The van der Waals surface area contributed by atoms with E-state index in [9.17, 15) is 5.11 Å². The van der Waals surface area contributed by atoms with Crippen molar-refractivity contribution in [1.82, 2.24) is 0 Å². The van der Waals surface area contributed by atoms with E-state index < -0.39 is 0 Å². The fraction of sp³-hybridized carbons (Fsp3) is 0.125. The van der Waals surface area contributed by atoms with Gasteiger partial charge in [0.15, 0.2) is 0 Å². The Morgan fingerprint density at radius 3 is 2.73 bits per heavy atom. The molecule has 1 aromatic carbocycles. The maximum absolute atomic E-state index is 9.22. The van der Waals surface area contributed by atoms with Crippen molar-refractivity contribution in [3.8, 4) is 5.75 Å². The van der Waals surface area contributed by atoms with Gasteiger partial charge in [0.2, 0.25) is 0 Å². The summed E-state index contributed by atoms with van der Waals surface area (Å²) in [5.41, 5.74) is 1.48. The van der Waals surface area contributed by atoms with Crippen LogP contribution < -0.4 is 0 Å². The average molecular weight is 151 g/mol. The van der Waals surface area contributed by atoms with Crippen molar-refractivity contribution < 1.29 is 10.3 Å². The van der Waals surface area contributed by atoms with Gasteiger partial charge < -0.3 is 10.3 Å². The van der Waals surface area contributed by atoms with Crippen LogP contribution in [0.25, 0.3) is 0 Å². The highest BCUT2D eigenvalue weighted by Crippen LogP contribution is 2.15. The third kappa shape index (κ3) is 1.70. The minimum atomic E-state index is 0.128. The van der Waals surface area contributed by atoms with E-state index in [1.54, 1.807) is 12.1 Å². The molecule has 0 atom stereocenters. The lowest BCUT2D eigenvalue weighted by atomic mass is 10.1. The summed E-state index contributed by atoms with van der Waals surface area (Å²) in [5, 5.41) is 20.2. The quantitative estimate of drug-likeness (QED) is 0.363. The highest BCUT2D eigenvalue weighted by molar-refractivity contribution is 5.82. The summed E-state index contributed by atoms with van der Waals surface area (Å²) in [7, 11) is 0. The molecule has 0 spiro atoms. The highest BCUT2D eigenvalue weighted by Gasteiger charge is 1.96. The summed E-state index contributed by atoms with van der Waals surface area (Å²) < 4.78 is 0. The second kappa shape index (κ2) is 3.05. The number of rotatable bonds is 1. The Morgan fingerprint density at radius 2 is 2.18 bits per heavy atom. The third-order valence-electron chi connectivity index (χ3n) is 1.38. The third-order valence-corrected chi connectivity index (χ3v) is 1.38. The Balaban J connectivity index is 3.09. The molecule has 2 N–H and O–H groups in total. The van der Waals surface area contributed by atoms with Gasteiger partial charge in [0, 0.05) is 5.56 Å². The Kier molecular flexibility index (Phi) is 2.11. The largest absolute Gasteiger partial charge is 0.507 e. The van der Waals surface area contributed by atoms with Crippen LogP contribution in [-0.4, -0.2) is 16.5 Å². The van der Waals surface area contributed by atoms with Crippen molar-refractivity contribution in [1.29, 1.82) is 0 Å². The van der Waals surface area contributed by atoms with Gasteiger partial charge in [-0.05, 0) is 24.6 Å². The molecule has 0 saturated carbocycles. The van der Waals surface area contributed by atoms with Crippen LogP contribution >= 0.6 is 0 Å². The predicted octanol–water partition coefficient (Wildman–Crippen LogP) is 1.51. The zero-order valence-electron chi connectivity index (χ0n) is 6.15. The van der Waals surface area contributed by atoms with Crippen LogP contribution in [0.3, 0.4) is 0 Å². The van der Waals surface area contributed by atoms with E-state index in [2.05, 4.69) is 5.16 Å². The van der Waals surface area contributed by atoms with Crippen molar-refractivity contribution in [3.63, 3.8) is 0 Å². The van der Waals surface area contributed by atoms with Gasteiger partial charge in [0.25, 0.3) is 0 Å². The van der Waals surface area contributed by atoms with Crippen molar-refractivity contribution in [2.75, 3.05) is 0 Å². The molecule has 1 rings (SSSR count). The highest BCUT2D eigenvalue weighted by atomic mass is 16.4. The lowest BCUT2D eigenvalue weighted by Crippen LogP contribution is -1.82. The minimum absolute atomic E-state index is 0.128. The van der Waals surface area contributed by atoms with E-state index in [0.29, 0.717) is 5.56 Å². The topological polar surface area (TPSA) is 52.8 Å². The minimum Gasteiger partial charge on any atom is -0.507 e. The molecular weight excluding hydrogens is 142 g/mol. The summed E-state index contributed by atoms with van der Waals surface area (Å²) in [6.45, 7) is 1.87. The van der Waals surface area contributed by atoms with Crippen LogP contribution in [0, 0.1) is 6.92 Å². The van der Waals surface area contributed by atoms with Crippen molar-refractivity contribution >= 4 is 6.21 Å². The van der Waals surface area contributed by atoms with E-state index >= 15 is 0 Å². The monoisotopic (exact) mass is 151 g/mol. The summed E-state index contributed by atoms with van der Waals surface area (Å²) >= 11 is 0. The molecule has 58 valence electrons. The van der Waals surface area contributed by atoms with Gasteiger partial charge >= 0.3 is 0 Å². The molecule has 0 fully saturated rings. The Bertz CT molecular complexity index is 281. The molecule has 0 amide bonds. The first-order chi connectivity index (χ1) is 5.24. The molecule has 0 aliphatic carbocycles. The van der Waals surface area contributed by atoms with Gasteiger partial charge in [0.05, 0.1) is 6.21 Å². The first-order valence-electron chi connectivity index (χ1n) is 3.21. The number of nitrogens with zero attached hydrogens (tertiary/aromatic N) is 1. The van der Waals surface area contributed by atoms with Crippen LogP contribution in [0.5, 0.6) is 5.75 Å².